The van der Waals surface area contributed by atoms with Crippen LogP contribution in [-0.2, 0) is 6.61 Å². The van der Waals surface area contributed by atoms with E-state index < -0.39 is 11.6 Å². The molecule has 110 valence electrons. The predicted octanol–water partition coefficient (Wildman–Crippen LogP) is 4.74. The van der Waals surface area contributed by atoms with Gasteiger partial charge in [0, 0.05) is 5.56 Å². The molecular formula is C16H13BrF2O2. The first kappa shape index (κ1) is 15.6. The van der Waals surface area contributed by atoms with Gasteiger partial charge in [-0.2, -0.15) is 0 Å². The van der Waals surface area contributed by atoms with Crippen LogP contribution < -0.4 is 4.74 Å². The van der Waals surface area contributed by atoms with Gasteiger partial charge in [-0.3, -0.25) is 4.79 Å². The Bertz CT molecular complexity index is 676. The monoisotopic (exact) mass is 354 g/mol. The predicted molar refractivity (Wildman–Crippen MR) is 79.7 cm³/mol. The second-order valence-electron chi connectivity index (χ2n) is 4.71. The van der Waals surface area contributed by atoms with Gasteiger partial charge in [-0.05, 0) is 65.2 Å². The van der Waals surface area contributed by atoms with Crippen LogP contribution in [0.15, 0.2) is 28.7 Å². The Morgan fingerprint density at radius 3 is 2.38 bits per heavy atom. The molecule has 2 aromatic rings. The van der Waals surface area contributed by atoms with Crippen molar-refractivity contribution < 1.29 is 18.3 Å². The molecule has 0 aliphatic heterocycles. The second-order valence-corrected chi connectivity index (χ2v) is 5.57. The Morgan fingerprint density at radius 1 is 1.19 bits per heavy atom. The van der Waals surface area contributed by atoms with Gasteiger partial charge < -0.3 is 4.74 Å². The van der Waals surface area contributed by atoms with E-state index in [4.69, 9.17) is 4.74 Å². The summed E-state index contributed by atoms with van der Waals surface area (Å²) < 4.78 is 33.3. The zero-order valence-corrected chi connectivity index (χ0v) is 13.1. The molecule has 0 bridgehead atoms. The highest BCUT2D eigenvalue weighted by Gasteiger charge is 2.14. The van der Waals surface area contributed by atoms with Gasteiger partial charge in [0.15, 0.2) is 0 Å². The molecule has 0 heterocycles. The smallest absolute Gasteiger partial charge is 0.150 e. The fraction of sp³-hybridized carbons (Fsp3) is 0.188. The number of rotatable bonds is 4. The highest BCUT2D eigenvalue weighted by molar-refractivity contribution is 9.10. The fourth-order valence-corrected chi connectivity index (χ4v) is 2.50. The number of hydrogen-bond donors (Lipinski definition) is 0. The molecule has 5 heteroatoms. The Balaban J connectivity index is 2.29. The first-order chi connectivity index (χ1) is 9.93. The van der Waals surface area contributed by atoms with Crippen molar-refractivity contribution >= 4 is 22.2 Å². The molecule has 21 heavy (non-hydrogen) atoms. The van der Waals surface area contributed by atoms with E-state index in [9.17, 15) is 13.6 Å². The normalized spacial score (nSPS) is 10.5. The highest BCUT2D eigenvalue weighted by Crippen LogP contribution is 2.27. The average Bonchev–Trinajstić information content (AvgIpc) is 2.45. The minimum absolute atomic E-state index is 0.136. The molecule has 0 unspecified atom stereocenters. The van der Waals surface area contributed by atoms with Crippen LogP contribution in [0.25, 0.3) is 0 Å². The summed E-state index contributed by atoms with van der Waals surface area (Å²) in [5.74, 6) is -0.801. The molecule has 0 aliphatic rings. The standard InChI is InChI=1S/C16H13BrF2O2/c1-9-5-11(7-20)6-10(2)16(9)21-8-12-14(18)4-3-13(17)15(12)19/h3-7H,8H2,1-2H3. The topological polar surface area (TPSA) is 26.3 Å². The molecular weight excluding hydrogens is 342 g/mol. The highest BCUT2D eigenvalue weighted by atomic mass is 79.9. The number of aryl methyl sites for hydroxylation is 2. The molecule has 2 rings (SSSR count). The Morgan fingerprint density at radius 2 is 1.81 bits per heavy atom. The van der Waals surface area contributed by atoms with Crippen molar-refractivity contribution in [1.29, 1.82) is 0 Å². The van der Waals surface area contributed by atoms with Crippen molar-refractivity contribution in [3.8, 4) is 5.75 Å². The summed E-state index contributed by atoms with van der Waals surface area (Å²) in [6.45, 7) is 3.34. The average molecular weight is 355 g/mol. The van der Waals surface area contributed by atoms with Gasteiger partial charge in [0.2, 0.25) is 0 Å². The van der Waals surface area contributed by atoms with Crippen LogP contribution in [0.2, 0.25) is 0 Å². The van der Waals surface area contributed by atoms with E-state index >= 15 is 0 Å². The van der Waals surface area contributed by atoms with Crippen LogP contribution in [0, 0.1) is 25.5 Å². The van der Waals surface area contributed by atoms with Gasteiger partial charge >= 0.3 is 0 Å². The summed E-state index contributed by atoms with van der Waals surface area (Å²) in [6.07, 6.45) is 0.747. The lowest BCUT2D eigenvalue weighted by Gasteiger charge is -2.14. The van der Waals surface area contributed by atoms with E-state index in [-0.39, 0.29) is 16.6 Å². The van der Waals surface area contributed by atoms with E-state index in [0.29, 0.717) is 11.3 Å². The van der Waals surface area contributed by atoms with Crippen molar-refractivity contribution in [3.05, 3.63) is 62.6 Å². The van der Waals surface area contributed by atoms with Gasteiger partial charge in [0.25, 0.3) is 0 Å². The van der Waals surface area contributed by atoms with E-state index in [1.165, 1.54) is 12.1 Å². The molecule has 0 fully saturated rings. The molecule has 0 atom stereocenters. The summed E-state index contributed by atoms with van der Waals surface area (Å²) in [6, 6.07) is 5.83. The molecule has 0 spiro atoms. The fourth-order valence-electron chi connectivity index (χ4n) is 2.13. The Labute approximate surface area is 129 Å². The minimum Gasteiger partial charge on any atom is -0.488 e. The first-order valence-corrected chi connectivity index (χ1v) is 7.05. The van der Waals surface area contributed by atoms with Gasteiger partial charge in [-0.15, -0.1) is 0 Å². The molecule has 2 nitrogen and oxygen atoms in total. The molecule has 0 aromatic heterocycles. The molecule has 0 aliphatic carbocycles. The van der Waals surface area contributed by atoms with Crippen LogP contribution in [0.5, 0.6) is 5.75 Å². The number of carbonyl (C=O) groups excluding carboxylic acids is 1. The number of ether oxygens (including phenoxy) is 1. The largest absolute Gasteiger partial charge is 0.488 e. The lowest BCUT2D eigenvalue weighted by molar-refractivity contribution is 0.112. The van der Waals surface area contributed by atoms with Crippen LogP contribution >= 0.6 is 15.9 Å². The third-order valence-electron chi connectivity index (χ3n) is 3.12. The quantitative estimate of drug-likeness (QED) is 0.585. The van der Waals surface area contributed by atoms with Crippen molar-refractivity contribution in [1.82, 2.24) is 0 Å². The number of aldehydes is 1. The molecule has 0 saturated heterocycles. The van der Waals surface area contributed by atoms with Crippen molar-refractivity contribution in [2.24, 2.45) is 0 Å². The van der Waals surface area contributed by atoms with Gasteiger partial charge in [-0.25, -0.2) is 8.78 Å². The zero-order valence-electron chi connectivity index (χ0n) is 11.5. The molecule has 0 radical (unpaired) electrons. The molecule has 2 aromatic carbocycles. The van der Waals surface area contributed by atoms with Crippen LogP contribution in [0.4, 0.5) is 8.78 Å². The molecule has 0 saturated carbocycles. The van der Waals surface area contributed by atoms with E-state index in [1.807, 2.05) is 0 Å². The summed E-state index contributed by atoms with van der Waals surface area (Å²) in [4.78, 5) is 10.8. The van der Waals surface area contributed by atoms with Crippen molar-refractivity contribution in [2.45, 2.75) is 20.5 Å². The van der Waals surface area contributed by atoms with Crippen LogP contribution in [0.3, 0.4) is 0 Å². The summed E-state index contributed by atoms with van der Waals surface area (Å²) in [5.41, 5.74) is 1.89. The number of hydrogen-bond acceptors (Lipinski definition) is 2. The maximum atomic E-state index is 13.9. The summed E-state index contributed by atoms with van der Waals surface area (Å²) in [7, 11) is 0. The zero-order chi connectivity index (χ0) is 15.6. The number of benzene rings is 2. The lowest BCUT2D eigenvalue weighted by atomic mass is 10.1. The molecule has 0 amide bonds. The maximum absolute atomic E-state index is 13.9. The van der Waals surface area contributed by atoms with Gasteiger partial charge in [0.05, 0.1) is 10.0 Å². The van der Waals surface area contributed by atoms with Crippen molar-refractivity contribution in [2.75, 3.05) is 0 Å². The summed E-state index contributed by atoms with van der Waals surface area (Å²) in [5, 5.41) is 0. The van der Waals surface area contributed by atoms with Gasteiger partial charge in [0.1, 0.15) is 30.3 Å². The van der Waals surface area contributed by atoms with E-state index in [2.05, 4.69) is 15.9 Å². The third-order valence-corrected chi connectivity index (χ3v) is 3.73. The van der Waals surface area contributed by atoms with E-state index in [1.54, 1.807) is 26.0 Å². The second kappa shape index (κ2) is 6.35. The van der Waals surface area contributed by atoms with Crippen LogP contribution in [0.1, 0.15) is 27.0 Å². The first-order valence-electron chi connectivity index (χ1n) is 6.25. The minimum atomic E-state index is -0.671. The summed E-state index contributed by atoms with van der Waals surface area (Å²) >= 11 is 3.02. The van der Waals surface area contributed by atoms with Gasteiger partial charge in [-0.1, -0.05) is 0 Å². The molecule has 0 N–H and O–H groups in total. The number of halogens is 3. The van der Waals surface area contributed by atoms with E-state index in [0.717, 1.165) is 17.4 Å². The van der Waals surface area contributed by atoms with Crippen LogP contribution in [-0.4, -0.2) is 6.29 Å². The van der Waals surface area contributed by atoms with Crippen molar-refractivity contribution in [3.63, 3.8) is 0 Å². The SMILES string of the molecule is Cc1cc(C=O)cc(C)c1OCc1c(F)ccc(Br)c1F. The Hall–Kier alpha value is -1.75. The lowest BCUT2D eigenvalue weighted by Crippen LogP contribution is -2.05. The Kier molecular flexibility index (Phi) is 4.73. The maximum Gasteiger partial charge on any atom is 0.150 e. The third kappa shape index (κ3) is 3.29. The number of carbonyl (C=O) groups is 1.